The van der Waals surface area contributed by atoms with E-state index >= 15 is 0 Å². The van der Waals surface area contributed by atoms with Gasteiger partial charge in [-0.2, -0.15) is 0 Å². The van der Waals surface area contributed by atoms with Crippen molar-refractivity contribution in [3.05, 3.63) is 170 Å². The third kappa shape index (κ3) is 4.82. The molecule has 12 aromatic rings. The second-order valence-corrected chi connectivity index (χ2v) is 15.0. The molecule has 0 radical (unpaired) electrons. The van der Waals surface area contributed by atoms with Gasteiger partial charge in [-0.15, -0.1) is 11.3 Å². The van der Waals surface area contributed by atoms with Gasteiger partial charge in [0.05, 0.1) is 0 Å². The van der Waals surface area contributed by atoms with Crippen LogP contribution >= 0.6 is 11.3 Å². The van der Waals surface area contributed by atoms with Gasteiger partial charge in [-0.1, -0.05) is 78.9 Å². The van der Waals surface area contributed by atoms with Crippen molar-refractivity contribution in [3.8, 4) is 22.6 Å². The summed E-state index contributed by atoms with van der Waals surface area (Å²) in [4.78, 5) is 7.12. The van der Waals surface area contributed by atoms with Gasteiger partial charge in [-0.3, -0.25) is 0 Å². The average molecular weight is 725 g/mol. The summed E-state index contributed by atoms with van der Waals surface area (Å²) in [5.41, 5.74) is 11.2. The first kappa shape index (κ1) is 30.3. The Morgan fingerprint density at radius 3 is 1.91 bits per heavy atom. The maximum absolute atomic E-state index is 6.43. The van der Waals surface area contributed by atoms with E-state index in [0.29, 0.717) is 11.5 Å². The van der Waals surface area contributed by atoms with Gasteiger partial charge in [0, 0.05) is 70.4 Å². The summed E-state index contributed by atoms with van der Waals surface area (Å²) >= 11 is 1.83. The number of hydrogen-bond donors (Lipinski definition) is 0. The summed E-state index contributed by atoms with van der Waals surface area (Å²) in [6.07, 6.45) is 0. The molecule has 55 heavy (non-hydrogen) atoms. The van der Waals surface area contributed by atoms with E-state index in [1.807, 2.05) is 59.9 Å². The highest BCUT2D eigenvalue weighted by Gasteiger charge is 2.18. The largest absolute Gasteiger partial charge is 0.456 e. The predicted molar refractivity (Wildman–Crippen MR) is 227 cm³/mol. The normalized spacial score (nSPS) is 12.0. The third-order valence-corrected chi connectivity index (χ3v) is 11.8. The topological polar surface area (TPSA) is 55.6 Å². The number of aromatic nitrogens is 1. The van der Waals surface area contributed by atoms with Crippen molar-refractivity contribution >= 4 is 104 Å². The molecule has 0 N–H and O–H groups in total. The zero-order chi connectivity index (χ0) is 36.0. The van der Waals surface area contributed by atoms with Gasteiger partial charge in [0.2, 0.25) is 5.89 Å². The van der Waals surface area contributed by atoms with Crippen LogP contribution in [0.1, 0.15) is 0 Å². The minimum absolute atomic E-state index is 0.605. The Hall–Kier alpha value is -7.15. The maximum Gasteiger partial charge on any atom is 0.227 e. The molecule has 5 nitrogen and oxygen atoms in total. The van der Waals surface area contributed by atoms with Crippen LogP contribution in [0.5, 0.6) is 0 Å². The molecule has 0 fully saturated rings. The van der Waals surface area contributed by atoms with Gasteiger partial charge in [-0.05, 0) is 96.1 Å². The second kappa shape index (κ2) is 11.7. The van der Waals surface area contributed by atoms with Crippen LogP contribution in [0.3, 0.4) is 0 Å². The fraction of sp³-hybridized carbons (Fsp3) is 0. The third-order valence-electron chi connectivity index (χ3n) is 10.7. The molecule has 0 aliphatic heterocycles. The van der Waals surface area contributed by atoms with Crippen LogP contribution in [0, 0.1) is 0 Å². The number of nitrogens with zero attached hydrogens (tertiary/aromatic N) is 2. The van der Waals surface area contributed by atoms with Gasteiger partial charge >= 0.3 is 0 Å². The van der Waals surface area contributed by atoms with Crippen LogP contribution in [0.15, 0.2) is 183 Å². The Labute approximate surface area is 317 Å². The molecule has 0 spiro atoms. The van der Waals surface area contributed by atoms with E-state index in [4.69, 9.17) is 18.2 Å². The van der Waals surface area contributed by atoms with E-state index in [9.17, 15) is 0 Å². The molecular weight excluding hydrogens is 697 g/mol. The predicted octanol–water partition coefficient (Wildman–Crippen LogP) is 14.8. The molecule has 0 amide bonds. The molecule has 0 bridgehead atoms. The molecule has 0 atom stereocenters. The Kier molecular flexibility index (Phi) is 6.44. The Bertz CT molecular complexity index is 3440. The van der Waals surface area contributed by atoms with Crippen LogP contribution in [0.25, 0.3) is 97.7 Å². The van der Waals surface area contributed by atoms with Gasteiger partial charge in [0.1, 0.15) is 27.8 Å². The molecule has 4 aromatic heterocycles. The van der Waals surface area contributed by atoms with E-state index in [-0.39, 0.29) is 0 Å². The Morgan fingerprint density at radius 2 is 1.00 bits per heavy atom. The summed E-state index contributed by atoms with van der Waals surface area (Å²) in [5, 5.41) is 6.84. The van der Waals surface area contributed by atoms with Crippen LogP contribution in [0.2, 0.25) is 0 Å². The molecular formula is C49H28N2O3S. The number of furan rings is 2. The van der Waals surface area contributed by atoms with E-state index in [1.54, 1.807) is 0 Å². The number of benzene rings is 8. The number of hydrogen-bond acceptors (Lipinski definition) is 6. The molecule has 4 heterocycles. The molecule has 0 aliphatic rings. The fourth-order valence-electron chi connectivity index (χ4n) is 8.04. The Balaban J connectivity index is 0.943. The van der Waals surface area contributed by atoms with Crippen LogP contribution in [-0.2, 0) is 0 Å². The molecule has 0 unspecified atom stereocenters. The van der Waals surface area contributed by atoms with Crippen molar-refractivity contribution in [3.63, 3.8) is 0 Å². The second-order valence-electron chi connectivity index (χ2n) is 14.0. The average Bonchev–Trinajstić information content (AvgIpc) is 4.01. The highest BCUT2D eigenvalue weighted by atomic mass is 32.1. The number of para-hydroxylation sites is 1. The lowest BCUT2D eigenvalue weighted by Crippen LogP contribution is -2.09. The van der Waals surface area contributed by atoms with Crippen molar-refractivity contribution in [1.29, 1.82) is 0 Å². The summed E-state index contributed by atoms with van der Waals surface area (Å²) in [6, 6.07) is 59.4. The van der Waals surface area contributed by atoms with Crippen LogP contribution in [-0.4, -0.2) is 4.98 Å². The van der Waals surface area contributed by atoms with Crippen molar-refractivity contribution < 1.29 is 13.3 Å². The molecule has 0 saturated heterocycles. The zero-order valence-corrected chi connectivity index (χ0v) is 30.0. The minimum Gasteiger partial charge on any atom is -0.456 e. The number of rotatable bonds is 5. The Morgan fingerprint density at radius 1 is 0.364 bits per heavy atom. The lowest BCUT2D eigenvalue weighted by molar-refractivity contribution is 0.617. The van der Waals surface area contributed by atoms with Crippen molar-refractivity contribution in [2.24, 2.45) is 0 Å². The van der Waals surface area contributed by atoms with Crippen molar-refractivity contribution in [2.75, 3.05) is 4.90 Å². The van der Waals surface area contributed by atoms with E-state index in [0.717, 1.165) is 83.1 Å². The standard InChI is InChI=1S/C49H28N2O3S/c1-2-8-30(9-3-1)49-50-41-27-40-36-21-16-31(24-44(36)53-45(40)28-46(41)54-49)29-14-17-32(18-15-29)51(33-20-23-43-39(25-33)35-10-4-6-12-42(35)52-43)34-19-22-38-37-11-5-7-13-47(37)55-48(38)26-34/h1-28H. The van der Waals surface area contributed by atoms with Gasteiger partial charge < -0.3 is 18.2 Å². The first-order chi connectivity index (χ1) is 27.2. The lowest BCUT2D eigenvalue weighted by Gasteiger charge is -2.26. The van der Waals surface area contributed by atoms with Gasteiger partial charge in [0.15, 0.2) is 5.58 Å². The van der Waals surface area contributed by atoms with Crippen LogP contribution < -0.4 is 4.90 Å². The van der Waals surface area contributed by atoms with Gasteiger partial charge in [-0.25, -0.2) is 4.98 Å². The highest BCUT2D eigenvalue weighted by Crippen LogP contribution is 2.43. The first-order valence-corrected chi connectivity index (χ1v) is 19.1. The van der Waals surface area contributed by atoms with Crippen molar-refractivity contribution in [1.82, 2.24) is 4.98 Å². The molecule has 0 aliphatic carbocycles. The summed E-state index contributed by atoms with van der Waals surface area (Å²) < 4.78 is 21.3. The maximum atomic E-state index is 6.43. The highest BCUT2D eigenvalue weighted by molar-refractivity contribution is 7.25. The minimum atomic E-state index is 0.605. The van der Waals surface area contributed by atoms with E-state index in [1.165, 1.54) is 20.2 Å². The van der Waals surface area contributed by atoms with E-state index < -0.39 is 0 Å². The number of thiophene rings is 1. The quantitative estimate of drug-likeness (QED) is 0.177. The summed E-state index contributed by atoms with van der Waals surface area (Å²) in [5.74, 6) is 0.605. The summed E-state index contributed by atoms with van der Waals surface area (Å²) in [6.45, 7) is 0. The lowest BCUT2D eigenvalue weighted by atomic mass is 10.0. The number of fused-ring (bicyclic) bond motifs is 10. The van der Waals surface area contributed by atoms with Crippen LogP contribution in [0.4, 0.5) is 17.1 Å². The molecule has 8 aromatic carbocycles. The van der Waals surface area contributed by atoms with Gasteiger partial charge in [0.25, 0.3) is 0 Å². The summed E-state index contributed by atoms with van der Waals surface area (Å²) in [7, 11) is 0. The number of oxazole rings is 1. The monoisotopic (exact) mass is 724 g/mol. The molecule has 258 valence electrons. The number of anilines is 3. The zero-order valence-electron chi connectivity index (χ0n) is 29.2. The SMILES string of the molecule is c1ccc(-c2nc3cc4c(cc3o2)oc2cc(-c3ccc(N(c5ccc6c(c5)sc5ccccc56)c5ccc6oc7ccccc7c6c5)cc3)ccc24)cc1. The fourth-order valence-corrected chi connectivity index (χ4v) is 9.18. The molecule has 0 saturated carbocycles. The molecule has 6 heteroatoms. The first-order valence-electron chi connectivity index (χ1n) is 18.3. The van der Waals surface area contributed by atoms with Crippen molar-refractivity contribution in [2.45, 2.75) is 0 Å². The van der Waals surface area contributed by atoms with E-state index in [2.05, 4.69) is 126 Å². The smallest absolute Gasteiger partial charge is 0.227 e. The molecule has 12 rings (SSSR count).